The van der Waals surface area contributed by atoms with E-state index in [0.29, 0.717) is 11.6 Å². The first-order valence-corrected chi connectivity index (χ1v) is 10.2. The molecule has 1 saturated carbocycles. The van der Waals surface area contributed by atoms with Crippen LogP contribution in [0, 0.1) is 0 Å². The van der Waals surface area contributed by atoms with E-state index in [4.69, 9.17) is 0 Å². The SMILES string of the molecule is O=C(CCSC1CCCCC1)Nc1nc(-c2ccccc2)cs1. The van der Waals surface area contributed by atoms with E-state index in [9.17, 15) is 4.79 Å². The quantitative estimate of drug-likeness (QED) is 0.781. The van der Waals surface area contributed by atoms with Crippen LogP contribution >= 0.6 is 23.1 Å². The Morgan fingerprint density at radius 1 is 1.22 bits per heavy atom. The molecule has 0 aliphatic heterocycles. The van der Waals surface area contributed by atoms with E-state index in [1.165, 1.54) is 43.4 Å². The molecule has 3 rings (SSSR count). The highest BCUT2D eigenvalue weighted by Crippen LogP contribution is 2.29. The fourth-order valence-corrected chi connectivity index (χ4v) is 4.84. The summed E-state index contributed by atoms with van der Waals surface area (Å²) in [5.41, 5.74) is 2.00. The highest BCUT2D eigenvalue weighted by Gasteiger charge is 2.14. The van der Waals surface area contributed by atoms with Gasteiger partial charge in [0.1, 0.15) is 0 Å². The smallest absolute Gasteiger partial charge is 0.226 e. The Morgan fingerprint density at radius 2 is 2.00 bits per heavy atom. The molecule has 0 atom stereocenters. The van der Waals surface area contributed by atoms with Gasteiger partial charge in [-0.2, -0.15) is 11.8 Å². The number of nitrogens with one attached hydrogen (secondary N) is 1. The predicted molar refractivity (Wildman–Crippen MR) is 100 cm³/mol. The maximum atomic E-state index is 12.0. The lowest BCUT2D eigenvalue weighted by Gasteiger charge is -2.20. The molecule has 1 N–H and O–H groups in total. The van der Waals surface area contributed by atoms with Crippen LogP contribution in [0.2, 0.25) is 0 Å². The van der Waals surface area contributed by atoms with Gasteiger partial charge >= 0.3 is 0 Å². The van der Waals surface area contributed by atoms with Crippen molar-refractivity contribution in [1.29, 1.82) is 0 Å². The molecule has 122 valence electrons. The number of carbonyl (C=O) groups excluding carboxylic acids is 1. The third kappa shape index (κ3) is 5.08. The summed E-state index contributed by atoms with van der Waals surface area (Å²) in [5.74, 6) is 0.982. The van der Waals surface area contributed by atoms with E-state index in [1.807, 2.05) is 47.5 Å². The number of rotatable bonds is 6. The second kappa shape index (κ2) is 8.50. The number of nitrogens with zero attached hydrogens (tertiary/aromatic N) is 1. The highest BCUT2D eigenvalue weighted by atomic mass is 32.2. The van der Waals surface area contributed by atoms with Crippen molar-refractivity contribution < 1.29 is 4.79 Å². The lowest BCUT2D eigenvalue weighted by molar-refractivity contribution is -0.115. The average molecular weight is 347 g/mol. The molecular formula is C18H22N2OS2. The van der Waals surface area contributed by atoms with E-state index in [-0.39, 0.29) is 5.91 Å². The van der Waals surface area contributed by atoms with Crippen molar-refractivity contribution in [2.45, 2.75) is 43.8 Å². The Kier molecular flexibility index (Phi) is 6.11. The maximum absolute atomic E-state index is 12.0. The van der Waals surface area contributed by atoms with Crippen LogP contribution in [-0.4, -0.2) is 21.9 Å². The van der Waals surface area contributed by atoms with Gasteiger partial charge in [-0.05, 0) is 12.8 Å². The number of hydrogen-bond acceptors (Lipinski definition) is 4. The molecule has 1 fully saturated rings. The molecule has 0 radical (unpaired) electrons. The Hall–Kier alpha value is -1.33. The number of benzene rings is 1. The van der Waals surface area contributed by atoms with Crippen molar-refractivity contribution in [2.75, 3.05) is 11.1 Å². The largest absolute Gasteiger partial charge is 0.302 e. The number of amides is 1. The molecule has 0 spiro atoms. The van der Waals surface area contributed by atoms with Crippen LogP contribution in [0.1, 0.15) is 38.5 Å². The molecule has 0 bridgehead atoms. The van der Waals surface area contributed by atoms with Gasteiger partial charge in [-0.1, -0.05) is 49.6 Å². The molecule has 1 aromatic heterocycles. The molecule has 5 heteroatoms. The molecule has 3 nitrogen and oxygen atoms in total. The second-order valence-corrected chi connectivity index (χ2v) is 8.10. The van der Waals surface area contributed by atoms with Crippen LogP contribution in [0.25, 0.3) is 11.3 Å². The van der Waals surface area contributed by atoms with Crippen LogP contribution in [-0.2, 0) is 4.79 Å². The van der Waals surface area contributed by atoms with Crippen LogP contribution in [0.3, 0.4) is 0 Å². The first-order chi connectivity index (χ1) is 11.3. The predicted octanol–water partition coefficient (Wildman–Crippen LogP) is 5.20. The van der Waals surface area contributed by atoms with E-state index < -0.39 is 0 Å². The van der Waals surface area contributed by atoms with Crippen LogP contribution in [0.15, 0.2) is 35.7 Å². The minimum atomic E-state index is 0.0715. The van der Waals surface area contributed by atoms with Gasteiger partial charge in [-0.3, -0.25) is 4.79 Å². The van der Waals surface area contributed by atoms with Crippen molar-refractivity contribution in [1.82, 2.24) is 4.98 Å². The van der Waals surface area contributed by atoms with Gasteiger partial charge < -0.3 is 5.32 Å². The highest BCUT2D eigenvalue weighted by molar-refractivity contribution is 7.99. The van der Waals surface area contributed by atoms with E-state index >= 15 is 0 Å². The number of anilines is 1. The van der Waals surface area contributed by atoms with Gasteiger partial charge in [0.05, 0.1) is 5.69 Å². The van der Waals surface area contributed by atoms with Gasteiger partial charge in [-0.15, -0.1) is 11.3 Å². The number of hydrogen-bond donors (Lipinski definition) is 1. The molecule has 1 aliphatic rings. The zero-order valence-electron chi connectivity index (χ0n) is 13.2. The van der Waals surface area contributed by atoms with Gasteiger partial charge in [0.2, 0.25) is 5.91 Å². The van der Waals surface area contributed by atoms with Crippen LogP contribution < -0.4 is 5.32 Å². The summed E-state index contributed by atoms with van der Waals surface area (Å²) in [6, 6.07) is 10.0. The minimum Gasteiger partial charge on any atom is -0.302 e. The molecule has 1 aliphatic carbocycles. The molecule has 0 unspecified atom stereocenters. The monoisotopic (exact) mass is 346 g/mol. The first kappa shape index (κ1) is 16.5. The number of thiazole rings is 1. The molecule has 1 aromatic carbocycles. The molecule has 2 aromatic rings. The summed E-state index contributed by atoms with van der Waals surface area (Å²) >= 11 is 3.44. The Morgan fingerprint density at radius 3 is 2.78 bits per heavy atom. The van der Waals surface area contributed by atoms with Crippen molar-refractivity contribution in [3.63, 3.8) is 0 Å². The summed E-state index contributed by atoms with van der Waals surface area (Å²) in [6.07, 6.45) is 7.29. The third-order valence-corrected chi connectivity index (χ3v) is 6.20. The van der Waals surface area contributed by atoms with Gasteiger partial charge in [-0.25, -0.2) is 4.98 Å². The minimum absolute atomic E-state index is 0.0715. The summed E-state index contributed by atoms with van der Waals surface area (Å²) in [5, 5.41) is 6.37. The third-order valence-electron chi connectivity index (χ3n) is 4.05. The van der Waals surface area contributed by atoms with Crippen molar-refractivity contribution >= 4 is 34.1 Å². The van der Waals surface area contributed by atoms with Crippen molar-refractivity contribution in [3.8, 4) is 11.3 Å². The number of carbonyl (C=O) groups is 1. The number of thioether (sulfide) groups is 1. The Labute approximate surface area is 145 Å². The lowest BCUT2D eigenvalue weighted by atomic mass is 10.0. The van der Waals surface area contributed by atoms with Crippen LogP contribution in [0.4, 0.5) is 5.13 Å². The van der Waals surface area contributed by atoms with E-state index in [1.54, 1.807) is 0 Å². The fourth-order valence-electron chi connectivity index (χ4n) is 2.80. The summed E-state index contributed by atoms with van der Waals surface area (Å²) < 4.78 is 0. The molecule has 0 saturated heterocycles. The zero-order valence-corrected chi connectivity index (χ0v) is 14.8. The first-order valence-electron chi connectivity index (χ1n) is 8.23. The maximum Gasteiger partial charge on any atom is 0.226 e. The zero-order chi connectivity index (χ0) is 15.9. The summed E-state index contributed by atoms with van der Waals surface area (Å²) in [7, 11) is 0. The normalized spacial score (nSPS) is 15.5. The topological polar surface area (TPSA) is 42.0 Å². The van der Waals surface area contributed by atoms with Gasteiger partial charge in [0.25, 0.3) is 0 Å². The number of aromatic nitrogens is 1. The van der Waals surface area contributed by atoms with Gasteiger partial charge in [0.15, 0.2) is 5.13 Å². The summed E-state index contributed by atoms with van der Waals surface area (Å²) in [4.78, 5) is 16.5. The summed E-state index contributed by atoms with van der Waals surface area (Å²) in [6.45, 7) is 0. The lowest BCUT2D eigenvalue weighted by Crippen LogP contribution is -2.14. The Balaban J connectivity index is 1.44. The van der Waals surface area contributed by atoms with Crippen LogP contribution in [0.5, 0.6) is 0 Å². The average Bonchev–Trinajstić information content (AvgIpc) is 3.05. The fraction of sp³-hybridized carbons (Fsp3) is 0.444. The Bertz CT molecular complexity index is 621. The molecule has 1 heterocycles. The second-order valence-electron chi connectivity index (χ2n) is 5.83. The molecule has 1 amide bonds. The standard InChI is InChI=1S/C18H22N2OS2/c21-17(11-12-22-15-9-5-2-6-10-15)20-18-19-16(13-23-18)14-7-3-1-4-8-14/h1,3-4,7-8,13,15H,2,5-6,9-12H2,(H,19,20,21). The molecule has 23 heavy (non-hydrogen) atoms. The van der Waals surface area contributed by atoms with Gasteiger partial charge in [0, 0.05) is 28.4 Å². The van der Waals surface area contributed by atoms with Crippen molar-refractivity contribution in [3.05, 3.63) is 35.7 Å². The molecular weight excluding hydrogens is 324 g/mol. The van der Waals surface area contributed by atoms with E-state index in [0.717, 1.165) is 22.3 Å². The van der Waals surface area contributed by atoms with Crippen molar-refractivity contribution in [2.24, 2.45) is 0 Å². The van der Waals surface area contributed by atoms with E-state index in [2.05, 4.69) is 10.3 Å².